The monoisotopic (exact) mass is 372 g/mol. The summed E-state index contributed by atoms with van der Waals surface area (Å²) in [5, 5.41) is 11.4. The summed E-state index contributed by atoms with van der Waals surface area (Å²) in [7, 11) is 5.67. The summed E-state index contributed by atoms with van der Waals surface area (Å²) < 4.78 is 6.21. The Hall–Kier alpha value is -3.60. The maximum absolute atomic E-state index is 11.9. The van der Waals surface area contributed by atoms with Crippen molar-refractivity contribution in [3.63, 3.8) is 0 Å². The van der Waals surface area contributed by atoms with Crippen LogP contribution in [0.3, 0.4) is 0 Å². The Morgan fingerprint density at radius 1 is 1.00 bits per heavy atom. The molecule has 0 atom stereocenters. The Labute approximate surface area is 162 Å². The SMILES string of the molecule is C/N=c1\ccc2c(-c3ccccc3C(=O)O)c3ccc(N(C)C)cc3oc-2c1. The van der Waals surface area contributed by atoms with Gasteiger partial charge in [0.25, 0.3) is 0 Å². The minimum absolute atomic E-state index is 0.261. The number of benzene rings is 3. The zero-order chi connectivity index (χ0) is 19.8. The zero-order valence-electron chi connectivity index (χ0n) is 15.9. The van der Waals surface area contributed by atoms with E-state index in [1.165, 1.54) is 0 Å². The number of carboxylic acids is 1. The number of carboxylic acid groups (broad SMARTS) is 1. The fourth-order valence-electron chi connectivity index (χ4n) is 3.46. The van der Waals surface area contributed by atoms with Gasteiger partial charge in [-0.25, -0.2) is 4.79 Å². The van der Waals surface area contributed by atoms with E-state index in [1.54, 1.807) is 19.2 Å². The quantitative estimate of drug-likeness (QED) is 0.538. The smallest absolute Gasteiger partial charge is 0.336 e. The first-order valence-corrected chi connectivity index (χ1v) is 8.93. The molecule has 5 heteroatoms. The number of fused-ring (bicyclic) bond motifs is 2. The summed E-state index contributed by atoms with van der Waals surface area (Å²) in [6.45, 7) is 0. The van der Waals surface area contributed by atoms with Gasteiger partial charge in [-0.1, -0.05) is 18.2 Å². The first-order valence-electron chi connectivity index (χ1n) is 8.93. The lowest BCUT2D eigenvalue weighted by atomic mass is 9.90. The second-order valence-electron chi connectivity index (χ2n) is 6.81. The van der Waals surface area contributed by atoms with E-state index < -0.39 is 5.97 Å². The molecule has 2 aliphatic rings. The highest BCUT2D eigenvalue weighted by Gasteiger charge is 2.21. The highest BCUT2D eigenvalue weighted by molar-refractivity contribution is 6.07. The molecule has 1 aliphatic carbocycles. The fourth-order valence-corrected chi connectivity index (χ4v) is 3.46. The second-order valence-corrected chi connectivity index (χ2v) is 6.81. The van der Waals surface area contributed by atoms with E-state index in [2.05, 4.69) is 4.99 Å². The van der Waals surface area contributed by atoms with Crippen LogP contribution in [-0.2, 0) is 0 Å². The van der Waals surface area contributed by atoms with Crippen molar-refractivity contribution in [1.82, 2.24) is 0 Å². The molecule has 2 aromatic carbocycles. The molecule has 0 aromatic heterocycles. The van der Waals surface area contributed by atoms with E-state index in [1.807, 2.05) is 67.5 Å². The van der Waals surface area contributed by atoms with Crippen LogP contribution >= 0.6 is 0 Å². The zero-order valence-corrected chi connectivity index (χ0v) is 15.9. The topological polar surface area (TPSA) is 66.0 Å². The van der Waals surface area contributed by atoms with Crippen molar-refractivity contribution in [3.8, 4) is 22.5 Å². The van der Waals surface area contributed by atoms with Crippen LogP contribution < -0.4 is 10.3 Å². The molecule has 28 heavy (non-hydrogen) atoms. The summed E-state index contributed by atoms with van der Waals surface area (Å²) in [5.74, 6) is -0.288. The normalized spacial score (nSPS) is 11.9. The van der Waals surface area contributed by atoms with Crippen molar-refractivity contribution < 1.29 is 14.3 Å². The largest absolute Gasteiger partial charge is 0.478 e. The third-order valence-electron chi connectivity index (χ3n) is 4.89. The highest BCUT2D eigenvalue weighted by Crippen LogP contribution is 2.41. The highest BCUT2D eigenvalue weighted by atomic mass is 16.4. The maximum Gasteiger partial charge on any atom is 0.336 e. The lowest BCUT2D eigenvalue weighted by Crippen LogP contribution is -2.08. The Bertz CT molecular complexity index is 1240. The van der Waals surface area contributed by atoms with Gasteiger partial charge in [0.2, 0.25) is 0 Å². The molecular formula is C23H20N2O3. The molecule has 0 bridgehead atoms. The van der Waals surface area contributed by atoms with Gasteiger partial charge in [0.1, 0.15) is 11.3 Å². The number of nitrogens with zero attached hydrogens (tertiary/aromatic N) is 2. The van der Waals surface area contributed by atoms with Gasteiger partial charge in [0, 0.05) is 55.5 Å². The molecule has 0 unspecified atom stereocenters. The van der Waals surface area contributed by atoms with Crippen molar-refractivity contribution in [2.24, 2.45) is 4.99 Å². The van der Waals surface area contributed by atoms with Gasteiger partial charge in [-0.15, -0.1) is 0 Å². The predicted molar refractivity (Wildman–Crippen MR) is 111 cm³/mol. The Kier molecular flexibility index (Phi) is 4.35. The molecule has 5 nitrogen and oxygen atoms in total. The Morgan fingerprint density at radius 2 is 1.79 bits per heavy atom. The summed E-state index contributed by atoms with van der Waals surface area (Å²) in [4.78, 5) is 18.1. The van der Waals surface area contributed by atoms with Crippen molar-refractivity contribution in [1.29, 1.82) is 0 Å². The van der Waals surface area contributed by atoms with Gasteiger partial charge in [-0.2, -0.15) is 0 Å². The van der Waals surface area contributed by atoms with Crippen molar-refractivity contribution in [2.45, 2.75) is 0 Å². The lowest BCUT2D eigenvalue weighted by molar-refractivity contribution is 0.0697. The van der Waals surface area contributed by atoms with Crippen LogP contribution in [-0.4, -0.2) is 32.2 Å². The molecule has 0 fully saturated rings. The molecule has 0 radical (unpaired) electrons. The van der Waals surface area contributed by atoms with E-state index in [9.17, 15) is 9.90 Å². The van der Waals surface area contributed by atoms with Gasteiger partial charge < -0.3 is 14.4 Å². The van der Waals surface area contributed by atoms with E-state index in [4.69, 9.17) is 4.42 Å². The molecule has 0 spiro atoms. The average molecular weight is 372 g/mol. The van der Waals surface area contributed by atoms with Crippen LogP contribution in [0.25, 0.3) is 33.4 Å². The van der Waals surface area contributed by atoms with Crippen LogP contribution in [0.2, 0.25) is 0 Å². The van der Waals surface area contributed by atoms with Crippen LogP contribution in [0.5, 0.6) is 0 Å². The number of anilines is 1. The van der Waals surface area contributed by atoms with E-state index >= 15 is 0 Å². The minimum Gasteiger partial charge on any atom is -0.478 e. The summed E-state index contributed by atoms with van der Waals surface area (Å²) in [6, 6.07) is 18.8. The first-order chi connectivity index (χ1) is 13.5. The van der Waals surface area contributed by atoms with Crippen LogP contribution in [0.15, 0.2) is 70.1 Å². The predicted octanol–water partition coefficient (Wildman–Crippen LogP) is 4.50. The number of hydrogen-bond donors (Lipinski definition) is 1. The van der Waals surface area contributed by atoms with Gasteiger partial charge in [0.05, 0.1) is 10.9 Å². The minimum atomic E-state index is -0.956. The number of aromatic carboxylic acids is 1. The van der Waals surface area contributed by atoms with Crippen LogP contribution in [0.1, 0.15) is 10.4 Å². The van der Waals surface area contributed by atoms with Crippen LogP contribution in [0.4, 0.5) is 5.69 Å². The maximum atomic E-state index is 11.9. The van der Waals surface area contributed by atoms with Crippen LogP contribution in [0, 0.1) is 0 Å². The molecule has 140 valence electrons. The summed E-state index contributed by atoms with van der Waals surface area (Å²) >= 11 is 0. The molecule has 4 rings (SSSR count). The Morgan fingerprint density at radius 3 is 2.50 bits per heavy atom. The first kappa shape index (κ1) is 17.8. The summed E-state index contributed by atoms with van der Waals surface area (Å²) in [5.41, 5.74) is 4.33. The number of rotatable bonds is 3. The number of hydrogen-bond acceptors (Lipinski definition) is 4. The Balaban J connectivity index is 2.18. The van der Waals surface area contributed by atoms with Gasteiger partial charge in [-0.05, 0) is 35.9 Å². The molecule has 0 saturated carbocycles. The summed E-state index contributed by atoms with van der Waals surface area (Å²) in [6.07, 6.45) is 0. The molecule has 1 aliphatic heterocycles. The molecule has 2 aromatic rings. The molecule has 1 N–H and O–H groups in total. The second kappa shape index (κ2) is 6.85. The standard InChI is InChI=1S/C23H20N2O3/c1-24-14-8-10-18-20(12-14)28-21-13-15(25(2)3)9-11-19(21)22(18)16-6-4-5-7-17(16)23(26)27/h4-13H,1-3H3,(H,26,27)/b24-14+. The van der Waals surface area contributed by atoms with Crippen molar-refractivity contribution >= 4 is 22.6 Å². The lowest BCUT2D eigenvalue weighted by Gasteiger charge is -2.18. The third-order valence-corrected chi connectivity index (χ3v) is 4.89. The molecule has 0 saturated heterocycles. The van der Waals surface area contributed by atoms with Gasteiger partial charge in [0.15, 0.2) is 0 Å². The molecule has 0 amide bonds. The van der Waals surface area contributed by atoms with E-state index in [0.717, 1.165) is 27.6 Å². The third kappa shape index (κ3) is 2.91. The van der Waals surface area contributed by atoms with Crippen molar-refractivity contribution in [3.05, 3.63) is 71.6 Å². The van der Waals surface area contributed by atoms with E-state index in [0.29, 0.717) is 16.9 Å². The number of carbonyl (C=O) groups is 1. The fraction of sp³-hybridized carbons (Fsp3) is 0.130. The van der Waals surface area contributed by atoms with Gasteiger partial charge in [-0.3, -0.25) is 4.99 Å². The molecular weight excluding hydrogens is 352 g/mol. The molecule has 1 heterocycles. The van der Waals surface area contributed by atoms with E-state index in [-0.39, 0.29) is 5.56 Å². The van der Waals surface area contributed by atoms with Gasteiger partial charge >= 0.3 is 5.97 Å². The van der Waals surface area contributed by atoms with Crippen molar-refractivity contribution in [2.75, 3.05) is 26.0 Å². The average Bonchev–Trinajstić information content (AvgIpc) is 2.70.